The van der Waals surface area contributed by atoms with Gasteiger partial charge in [-0.2, -0.15) is 0 Å². The second kappa shape index (κ2) is 8.27. The van der Waals surface area contributed by atoms with Crippen molar-refractivity contribution in [3.63, 3.8) is 0 Å². The van der Waals surface area contributed by atoms with Gasteiger partial charge in [0.25, 0.3) is 0 Å². The lowest BCUT2D eigenvalue weighted by molar-refractivity contribution is -0.122. The van der Waals surface area contributed by atoms with Crippen LogP contribution in [0.1, 0.15) is 50.4 Å². The maximum Gasteiger partial charge on any atom is 0.220 e. The predicted molar refractivity (Wildman–Crippen MR) is 77.6 cm³/mol. The summed E-state index contributed by atoms with van der Waals surface area (Å²) in [5.74, 6) is 0.560. The fraction of sp³-hybridized carbons (Fsp3) is 0.643. The lowest BCUT2D eigenvalue weighted by atomic mass is 10.1. The number of carbonyl (C=O) groups excluding carboxylic acids is 1. The number of nitrogens with two attached hydrogens (primary N) is 1. The zero-order chi connectivity index (χ0) is 13.4. The third kappa shape index (κ3) is 5.19. The monoisotopic (exact) mass is 268 g/mol. The summed E-state index contributed by atoms with van der Waals surface area (Å²) in [4.78, 5) is 13.1. The standard InChI is InChI=1S/C14H24N2OS/c1-3-5-12(13-6-4-9-18-13)16-14(17)8-7-11(2)10-15/h4,6,9,11-12H,3,5,7-8,10,15H2,1-2H3,(H,16,17). The molecule has 1 rings (SSSR count). The summed E-state index contributed by atoms with van der Waals surface area (Å²) >= 11 is 1.71. The van der Waals surface area contributed by atoms with Crippen molar-refractivity contribution >= 4 is 17.2 Å². The zero-order valence-corrected chi connectivity index (χ0v) is 12.1. The van der Waals surface area contributed by atoms with Crippen LogP contribution in [0.25, 0.3) is 0 Å². The van der Waals surface area contributed by atoms with Crippen LogP contribution < -0.4 is 11.1 Å². The van der Waals surface area contributed by atoms with Gasteiger partial charge in [0.05, 0.1) is 6.04 Å². The third-order valence-electron chi connectivity index (χ3n) is 3.07. The van der Waals surface area contributed by atoms with Gasteiger partial charge in [-0.3, -0.25) is 4.79 Å². The van der Waals surface area contributed by atoms with Gasteiger partial charge in [0, 0.05) is 11.3 Å². The number of thiophene rings is 1. The van der Waals surface area contributed by atoms with E-state index in [1.54, 1.807) is 11.3 Å². The zero-order valence-electron chi connectivity index (χ0n) is 11.3. The molecule has 1 aromatic heterocycles. The van der Waals surface area contributed by atoms with Crippen molar-refractivity contribution in [2.75, 3.05) is 6.54 Å². The van der Waals surface area contributed by atoms with E-state index in [0.717, 1.165) is 19.3 Å². The molecule has 0 radical (unpaired) electrons. The first-order valence-corrected chi connectivity index (χ1v) is 7.58. The Labute approximate surface area is 114 Å². The van der Waals surface area contributed by atoms with Crippen LogP contribution >= 0.6 is 11.3 Å². The fourth-order valence-corrected chi connectivity index (χ4v) is 2.64. The van der Waals surface area contributed by atoms with Crippen molar-refractivity contribution < 1.29 is 4.79 Å². The molecule has 1 aromatic rings. The topological polar surface area (TPSA) is 55.1 Å². The van der Waals surface area contributed by atoms with E-state index in [1.165, 1.54) is 4.88 Å². The Morgan fingerprint density at radius 3 is 2.83 bits per heavy atom. The molecule has 1 amide bonds. The lowest BCUT2D eigenvalue weighted by Crippen LogP contribution is -2.28. The highest BCUT2D eigenvalue weighted by Gasteiger charge is 2.14. The molecule has 102 valence electrons. The number of nitrogens with one attached hydrogen (secondary N) is 1. The first-order valence-electron chi connectivity index (χ1n) is 6.70. The highest BCUT2D eigenvalue weighted by Crippen LogP contribution is 2.23. The molecule has 0 fully saturated rings. The smallest absolute Gasteiger partial charge is 0.220 e. The SMILES string of the molecule is CCCC(NC(=O)CCC(C)CN)c1cccs1. The van der Waals surface area contributed by atoms with Crippen LogP contribution in [0.5, 0.6) is 0 Å². The van der Waals surface area contributed by atoms with Crippen LogP contribution in [0.3, 0.4) is 0 Å². The maximum atomic E-state index is 11.9. The predicted octanol–water partition coefficient (Wildman–Crippen LogP) is 3.08. The van der Waals surface area contributed by atoms with Crippen LogP contribution in [0, 0.1) is 5.92 Å². The van der Waals surface area contributed by atoms with Crippen LogP contribution in [0.2, 0.25) is 0 Å². The molecule has 3 nitrogen and oxygen atoms in total. The summed E-state index contributed by atoms with van der Waals surface area (Å²) in [5.41, 5.74) is 5.55. The highest BCUT2D eigenvalue weighted by molar-refractivity contribution is 7.10. The molecule has 0 spiro atoms. The molecule has 0 aliphatic rings. The molecule has 0 saturated heterocycles. The van der Waals surface area contributed by atoms with Gasteiger partial charge in [-0.05, 0) is 36.8 Å². The molecule has 0 aromatic carbocycles. The summed E-state index contributed by atoms with van der Waals surface area (Å²) < 4.78 is 0. The van der Waals surface area contributed by atoms with Crippen LogP contribution in [0.4, 0.5) is 0 Å². The third-order valence-corrected chi connectivity index (χ3v) is 4.05. The van der Waals surface area contributed by atoms with E-state index in [4.69, 9.17) is 5.73 Å². The Hall–Kier alpha value is -0.870. The quantitative estimate of drug-likeness (QED) is 0.761. The maximum absolute atomic E-state index is 11.9. The fourth-order valence-electron chi connectivity index (χ4n) is 1.83. The number of hydrogen-bond donors (Lipinski definition) is 2. The first kappa shape index (κ1) is 15.2. The summed E-state index contributed by atoms with van der Waals surface area (Å²) in [7, 11) is 0. The van der Waals surface area contributed by atoms with E-state index in [2.05, 4.69) is 30.6 Å². The van der Waals surface area contributed by atoms with Crippen LogP contribution in [-0.4, -0.2) is 12.5 Å². The minimum absolute atomic E-state index is 0.141. The molecular weight excluding hydrogens is 244 g/mol. The number of rotatable bonds is 8. The van der Waals surface area contributed by atoms with E-state index < -0.39 is 0 Å². The second-order valence-electron chi connectivity index (χ2n) is 4.80. The summed E-state index contributed by atoms with van der Waals surface area (Å²) in [6.45, 7) is 4.87. The molecule has 0 saturated carbocycles. The molecule has 18 heavy (non-hydrogen) atoms. The van der Waals surface area contributed by atoms with Gasteiger partial charge in [-0.15, -0.1) is 11.3 Å². The van der Waals surface area contributed by atoms with Crippen molar-refractivity contribution in [1.29, 1.82) is 0 Å². The van der Waals surface area contributed by atoms with Crippen molar-refractivity contribution in [1.82, 2.24) is 5.32 Å². The van der Waals surface area contributed by atoms with Crippen molar-refractivity contribution in [3.05, 3.63) is 22.4 Å². The Bertz CT molecular complexity index is 338. The van der Waals surface area contributed by atoms with Crippen molar-refractivity contribution in [3.8, 4) is 0 Å². The van der Waals surface area contributed by atoms with E-state index in [9.17, 15) is 4.79 Å². The number of hydrogen-bond acceptors (Lipinski definition) is 3. The van der Waals surface area contributed by atoms with E-state index in [-0.39, 0.29) is 11.9 Å². The van der Waals surface area contributed by atoms with Crippen LogP contribution in [0.15, 0.2) is 17.5 Å². The summed E-state index contributed by atoms with van der Waals surface area (Å²) in [6.07, 6.45) is 3.51. The van der Waals surface area contributed by atoms with E-state index in [1.807, 2.05) is 6.07 Å². The molecular formula is C14H24N2OS. The van der Waals surface area contributed by atoms with Gasteiger partial charge in [-0.1, -0.05) is 26.3 Å². The Morgan fingerprint density at radius 2 is 2.28 bits per heavy atom. The Morgan fingerprint density at radius 1 is 1.50 bits per heavy atom. The molecule has 4 heteroatoms. The summed E-state index contributed by atoms with van der Waals surface area (Å²) in [6, 6.07) is 4.30. The lowest BCUT2D eigenvalue weighted by Gasteiger charge is -2.17. The highest BCUT2D eigenvalue weighted by atomic mass is 32.1. The Kier molecular flexibility index (Phi) is 6.98. The normalized spacial score (nSPS) is 14.2. The largest absolute Gasteiger partial charge is 0.348 e. The molecule has 2 unspecified atom stereocenters. The van der Waals surface area contributed by atoms with Gasteiger partial charge in [0.2, 0.25) is 5.91 Å². The van der Waals surface area contributed by atoms with Gasteiger partial charge in [0.1, 0.15) is 0 Å². The molecule has 3 N–H and O–H groups in total. The van der Waals surface area contributed by atoms with E-state index >= 15 is 0 Å². The van der Waals surface area contributed by atoms with Gasteiger partial charge < -0.3 is 11.1 Å². The molecule has 1 heterocycles. The molecule has 2 atom stereocenters. The van der Waals surface area contributed by atoms with E-state index in [0.29, 0.717) is 18.9 Å². The average molecular weight is 268 g/mol. The minimum atomic E-state index is 0.141. The molecule has 0 aliphatic carbocycles. The summed E-state index contributed by atoms with van der Waals surface area (Å²) in [5, 5.41) is 5.19. The van der Waals surface area contributed by atoms with Crippen molar-refractivity contribution in [2.24, 2.45) is 11.7 Å². The average Bonchev–Trinajstić information content (AvgIpc) is 2.89. The van der Waals surface area contributed by atoms with Gasteiger partial charge in [-0.25, -0.2) is 0 Å². The molecule has 0 bridgehead atoms. The Balaban J connectivity index is 2.43. The first-order chi connectivity index (χ1) is 8.67. The van der Waals surface area contributed by atoms with Crippen LogP contribution in [-0.2, 0) is 4.79 Å². The number of carbonyl (C=O) groups is 1. The van der Waals surface area contributed by atoms with Crippen molar-refractivity contribution in [2.45, 2.75) is 45.6 Å². The van der Waals surface area contributed by atoms with Gasteiger partial charge in [0.15, 0.2) is 0 Å². The van der Waals surface area contributed by atoms with Gasteiger partial charge >= 0.3 is 0 Å². The minimum Gasteiger partial charge on any atom is -0.348 e. The second-order valence-corrected chi connectivity index (χ2v) is 5.78. The molecule has 0 aliphatic heterocycles. The number of amides is 1.